The summed E-state index contributed by atoms with van der Waals surface area (Å²) >= 11 is 13.4. The van der Waals surface area contributed by atoms with Gasteiger partial charge in [0.25, 0.3) is 0 Å². The van der Waals surface area contributed by atoms with Crippen molar-refractivity contribution in [3.8, 4) is 62.5 Å². The maximum atomic E-state index is 15.2. The number of imidazole rings is 3. The van der Waals surface area contributed by atoms with Gasteiger partial charge in [-0.25, -0.2) is 58.0 Å². The molecule has 0 bridgehead atoms. The smallest absolute Gasteiger partial charge is 0.228 e. The first-order valence-electron chi connectivity index (χ1n) is 29.7. The number of H-pyrrole nitrogens is 1. The highest BCUT2D eigenvalue weighted by molar-refractivity contribution is 6.36. The van der Waals surface area contributed by atoms with Crippen molar-refractivity contribution in [1.82, 2.24) is 59.0 Å². The Morgan fingerprint density at radius 2 is 1.14 bits per heavy atom. The fourth-order valence-electron chi connectivity index (χ4n) is 11.1. The highest BCUT2D eigenvalue weighted by atomic mass is 35.5. The average Bonchev–Trinajstić information content (AvgIpc) is 0.982. The Hall–Kier alpha value is -9.98. The van der Waals surface area contributed by atoms with Crippen LogP contribution >= 0.6 is 23.2 Å². The van der Waals surface area contributed by atoms with Gasteiger partial charge in [-0.15, -0.1) is 0 Å². The Morgan fingerprint density at radius 1 is 0.596 bits per heavy atom. The third-order valence-corrected chi connectivity index (χ3v) is 16.9. The molecule has 0 saturated carbocycles. The van der Waals surface area contributed by atoms with E-state index in [0.717, 1.165) is 34.9 Å². The van der Waals surface area contributed by atoms with E-state index in [-0.39, 0.29) is 82.6 Å². The molecule has 0 fully saturated rings. The van der Waals surface area contributed by atoms with Crippen molar-refractivity contribution >= 4 is 58.1 Å². The average molecular weight is 1320 g/mol. The first-order chi connectivity index (χ1) is 44.9. The second kappa shape index (κ2) is 26.9. The van der Waals surface area contributed by atoms with Crippen molar-refractivity contribution in [2.75, 3.05) is 37.3 Å². The van der Waals surface area contributed by atoms with Crippen LogP contribution in [0, 0.1) is 44.1 Å². The number of aryl methyl sites for hydroxylation is 3. The summed E-state index contributed by atoms with van der Waals surface area (Å²) < 4.78 is 66.0. The second-order valence-electron chi connectivity index (χ2n) is 23.1. The molecular formula is C68H66Cl2F3N15O6. The maximum Gasteiger partial charge on any atom is 0.228 e. The van der Waals surface area contributed by atoms with Gasteiger partial charge >= 0.3 is 0 Å². The third kappa shape index (κ3) is 14.2. The first kappa shape index (κ1) is 65.5. The number of aromatic amines is 1. The molecule has 4 atom stereocenters. The molecule has 21 nitrogen and oxygen atoms in total. The molecule has 0 spiro atoms. The minimum Gasteiger partial charge on any atom is -0.496 e. The lowest BCUT2D eigenvalue weighted by atomic mass is 9.73. The molecule has 11 aromatic rings. The van der Waals surface area contributed by atoms with Crippen molar-refractivity contribution in [2.45, 2.75) is 84.0 Å². The molecule has 11 rings (SSSR count). The summed E-state index contributed by atoms with van der Waals surface area (Å²) in [6, 6.07) is 27.0. The van der Waals surface area contributed by atoms with Crippen LogP contribution in [0.4, 0.5) is 48.1 Å². The van der Waals surface area contributed by atoms with Gasteiger partial charge in [0, 0.05) is 81.9 Å². The number of rotatable bonds is 24. The molecule has 0 amide bonds. The summed E-state index contributed by atoms with van der Waals surface area (Å²) in [5, 5.41) is 50.1. The predicted octanol–water partition coefficient (Wildman–Crippen LogP) is 14.3. The molecule has 0 radical (unpaired) electrons. The maximum absolute atomic E-state index is 15.2. The summed E-state index contributed by atoms with van der Waals surface area (Å²) in [6.45, 7) is 10.4. The van der Waals surface area contributed by atoms with Crippen LogP contribution in [0.3, 0.4) is 0 Å². The first-order valence-corrected chi connectivity index (χ1v) is 30.5. The third-order valence-electron chi connectivity index (χ3n) is 16.3. The zero-order chi connectivity index (χ0) is 66.8. The zero-order valence-corrected chi connectivity index (χ0v) is 54.1. The molecule has 0 aliphatic carbocycles. The molecule has 0 aliphatic heterocycles. The van der Waals surface area contributed by atoms with Gasteiger partial charge < -0.3 is 59.6 Å². The largest absolute Gasteiger partial charge is 0.496 e. The quantitative estimate of drug-likeness (QED) is 0.0277. The summed E-state index contributed by atoms with van der Waals surface area (Å²) in [7, 11) is 4.60. The Labute approximate surface area is 549 Å². The van der Waals surface area contributed by atoms with Crippen molar-refractivity contribution < 1.29 is 42.7 Å². The van der Waals surface area contributed by atoms with Crippen molar-refractivity contribution in [3.05, 3.63) is 202 Å². The summed E-state index contributed by atoms with van der Waals surface area (Å²) in [5.41, 5.74) is 0.763. The normalized spacial score (nSPS) is 13.8. The molecular weight excluding hydrogens is 1250 g/mol. The fourth-order valence-corrected chi connectivity index (χ4v) is 11.6. The minimum atomic E-state index is -2.09. The van der Waals surface area contributed by atoms with E-state index in [2.05, 4.69) is 45.9 Å². The van der Waals surface area contributed by atoms with Gasteiger partial charge in [0.05, 0.1) is 95.8 Å². The number of ether oxygens (including phenoxy) is 3. The van der Waals surface area contributed by atoms with Crippen LogP contribution in [0.5, 0.6) is 17.2 Å². The summed E-state index contributed by atoms with van der Waals surface area (Å²) in [6.07, 6.45) is 9.93. The number of aliphatic hydroxyl groups is 3. The Bertz CT molecular complexity index is 4580. The van der Waals surface area contributed by atoms with Crippen LogP contribution in [0.1, 0.15) is 80.6 Å². The van der Waals surface area contributed by atoms with Gasteiger partial charge in [0.15, 0.2) is 17.5 Å². The van der Waals surface area contributed by atoms with Gasteiger partial charge in [-0.2, -0.15) is 0 Å². The van der Waals surface area contributed by atoms with E-state index in [4.69, 9.17) is 57.3 Å². The molecule has 0 aliphatic rings. The number of methoxy groups -OCH3 is 3. The summed E-state index contributed by atoms with van der Waals surface area (Å²) in [4.78, 5) is 45.0. The van der Waals surface area contributed by atoms with Crippen LogP contribution < -0.4 is 30.2 Å². The monoisotopic (exact) mass is 1320 g/mol. The number of halogens is 5. The SMILES string of the molecule is CCC(O)(CCC(CC(C)(O)c1cc(-c2cc(F)c(F)c(F)c2)nc(Nc2ccc(-c3ncc(C)[nH]3)c(OC)c2)n1)C(C)(O)c1cc(-c2ccc(Cl)cc2Cl)nc(Nc2ccc(-n3cnc(C)c3)c(OC)c2)n1)c1ccnc(Nc2ccc(-n3cnc(C)c3)c(OC)c2)n1. The van der Waals surface area contributed by atoms with E-state index < -0.39 is 40.2 Å². The van der Waals surface area contributed by atoms with E-state index in [9.17, 15) is 19.7 Å². The number of hydrogen-bond donors (Lipinski definition) is 7. The summed E-state index contributed by atoms with van der Waals surface area (Å²) in [5.74, 6) is -3.74. The number of nitrogens with one attached hydrogen (secondary N) is 4. The number of hydrogen-bond acceptors (Lipinski definition) is 18. The number of aromatic nitrogens is 12. The Kier molecular flexibility index (Phi) is 18.8. The van der Waals surface area contributed by atoms with Crippen molar-refractivity contribution in [2.24, 2.45) is 5.92 Å². The van der Waals surface area contributed by atoms with Gasteiger partial charge in [-0.3, -0.25) is 0 Å². The molecule has 4 unspecified atom stereocenters. The molecule has 7 N–H and O–H groups in total. The van der Waals surface area contributed by atoms with Gasteiger partial charge in [-0.05, 0) is 151 Å². The molecule has 94 heavy (non-hydrogen) atoms. The topological polar surface area (TPSA) is 266 Å². The van der Waals surface area contributed by atoms with Gasteiger partial charge in [0.1, 0.15) is 39.9 Å². The number of benzene rings is 5. The second-order valence-corrected chi connectivity index (χ2v) is 24.0. The predicted molar refractivity (Wildman–Crippen MR) is 352 cm³/mol. The van der Waals surface area contributed by atoms with Crippen LogP contribution in [0.2, 0.25) is 10.0 Å². The van der Waals surface area contributed by atoms with Gasteiger partial charge in [-0.1, -0.05) is 30.1 Å². The lowest BCUT2D eigenvalue weighted by Crippen LogP contribution is -2.40. The van der Waals surface area contributed by atoms with E-state index in [1.807, 2.05) is 60.5 Å². The van der Waals surface area contributed by atoms with E-state index in [1.54, 1.807) is 107 Å². The van der Waals surface area contributed by atoms with Crippen molar-refractivity contribution in [1.29, 1.82) is 0 Å². The standard InChI is InChI=1S/C68H66Cl2F3N15O6/c1-10-68(91,58-20-22-74-63(84-58)79-44-13-17-53(56(27-44)93-8)87-33-38(3)76-35-87)21-19-41(67(6,90)60-30-52(46-15-11-42(69)25-48(46)70)83-65(86-60)81-45-14-18-54(57(28-45)94-9)88-34-39(4)77-36-88)31-66(5,89)59-29-51(40-23-49(71)61(73)50(72)24-40)82-64(85-59)80-43-12-16-47(55(26-43)92-7)62-75-32-37(2)78-62/h11-18,20,22-30,32-36,41,89-91H,10,19,21,31H2,1-9H3,(H,75,78)(H,74,79,84)(H,80,82,85)(H,81,83,86). The highest BCUT2D eigenvalue weighted by Crippen LogP contribution is 2.45. The molecule has 5 aromatic carbocycles. The molecule has 26 heteroatoms. The van der Waals surface area contributed by atoms with Gasteiger partial charge in [0.2, 0.25) is 17.8 Å². The van der Waals surface area contributed by atoms with Crippen molar-refractivity contribution in [3.63, 3.8) is 0 Å². The zero-order valence-electron chi connectivity index (χ0n) is 52.6. The lowest BCUT2D eigenvalue weighted by molar-refractivity contribution is -0.0742. The molecule has 0 saturated heterocycles. The highest BCUT2D eigenvalue weighted by Gasteiger charge is 2.44. The van der Waals surface area contributed by atoms with Crippen LogP contribution in [-0.2, 0) is 16.8 Å². The van der Waals surface area contributed by atoms with E-state index in [0.29, 0.717) is 62.0 Å². The molecule has 484 valence electrons. The lowest BCUT2D eigenvalue weighted by Gasteiger charge is -2.39. The minimum absolute atomic E-state index is 0.0200. The Balaban J connectivity index is 1.00. The van der Waals surface area contributed by atoms with E-state index >= 15 is 8.78 Å². The number of anilines is 6. The molecule has 6 heterocycles. The molecule has 6 aromatic heterocycles. The Morgan fingerprint density at radius 3 is 1.69 bits per heavy atom. The fraction of sp³-hybridized carbons (Fsp3) is 0.250. The van der Waals surface area contributed by atoms with Crippen LogP contribution in [0.25, 0.3) is 45.3 Å². The van der Waals surface area contributed by atoms with Crippen LogP contribution in [0.15, 0.2) is 141 Å². The van der Waals surface area contributed by atoms with E-state index in [1.165, 1.54) is 33.2 Å². The van der Waals surface area contributed by atoms with Crippen LogP contribution in [-0.4, -0.2) is 95.6 Å². The number of nitrogens with zero attached hydrogens (tertiary/aromatic N) is 11.